The molecule has 3 heterocycles. The lowest BCUT2D eigenvalue weighted by atomic mass is 10.2. The van der Waals surface area contributed by atoms with Crippen LogP contribution in [0.4, 0.5) is 5.69 Å². The van der Waals surface area contributed by atoms with E-state index in [-0.39, 0.29) is 12.2 Å². The van der Waals surface area contributed by atoms with Crippen LogP contribution in [0, 0.1) is 17.0 Å². The SMILES string of the molecule is Cc1ccc([C@@H]2CCCN2C[C@@H](O)Cn2cc([N+](=O)[O-])cn2)s1. The van der Waals surface area contributed by atoms with Gasteiger partial charge < -0.3 is 5.11 Å². The summed E-state index contributed by atoms with van der Waals surface area (Å²) in [6.45, 7) is 3.89. The average molecular weight is 336 g/mol. The lowest BCUT2D eigenvalue weighted by Crippen LogP contribution is -2.34. The third-order valence-electron chi connectivity index (χ3n) is 4.13. The van der Waals surface area contributed by atoms with E-state index in [0.29, 0.717) is 12.6 Å². The molecule has 0 spiro atoms. The largest absolute Gasteiger partial charge is 0.390 e. The predicted octanol–water partition coefficient (Wildman–Crippen LogP) is 2.36. The lowest BCUT2D eigenvalue weighted by molar-refractivity contribution is -0.385. The topological polar surface area (TPSA) is 84.4 Å². The highest BCUT2D eigenvalue weighted by atomic mass is 32.1. The molecular formula is C15H20N4O3S. The Morgan fingerprint density at radius 2 is 2.35 bits per heavy atom. The van der Waals surface area contributed by atoms with Crippen molar-refractivity contribution in [2.24, 2.45) is 0 Å². The molecule has 124 valence electrons. The quantitative estimate of drug-likeness (QED) is 0.646. The van der Waals surface area contributed by atoms with Crippen LogP contribution < -0.4 is 0 Å². The van der Waals surface area contributed by atoms with Crippen LogP contribution >= 0.6 is 11.3 Å². The number of nitro groups is 1. The van der Waals surface area contributed by atoms with E-state index >= 15 is 0 Å². The van der Waals surface area contributed by atoms with E-state index < -0.39 is 11.0 Å². The zero-order chi connectivity index (χ0) is 16.4. The maximum Gasteiger partial charge on any atom is 0.306 e. The molecule has 3 rings (SSSR count). The zero-order valence-electron chi connectivity index (χ0n) is 13.0. The van der Waals surface area contributed by atoms with Gasteiger partial charge >= 0.3 is 5.69 Å². The van der Waals surface area contributed by atoms with Gasteiger partial charge in [-0.1, -0.05) is 0 Å². The summed E-state index contributed by atoms with van der Waals surface area (Å²) in [5.74, 6) is 0. The molecule has 1 fully saturated rings. The predicted molar refractivity (Wildman–Crippen MR) is 87.5 cm³/mol. The maximum atomic E-state index is 10.7. The van der Waals surface area contributed by atoms with Crippen molar-refractivity contribution in [2.75, 3.05) is 13.1 Å². The van der Waals surface area contributed by atoms with Gasteiger partial charge in [0.1, 0.15) is 12.4 Å². The van der Waals surface area contributed by atoms with Crippen molar-refractivity contribution in [3.63, 3.8) is 0 Å². The lowest BCUT2D eigenvalue weighted by Gasteiger charge is -2.26. The number of nitrogens with zero attached hydrogens (tertiary/aromatic N) is 4. The molecule has 0 saturated carbocycles. The zero-order valence-corrected chi connectivity index (χ0v) is 13.8. The number of rotatable bonds is 6. The highest BCUT2D eigenvalue weighted by molar-refractivity contribution is 7.12. The van der Waals surface area contributed by atoms with Crippen LogP contribution in [-0.4, -0.2) is 43.9 Å². The minimum absolute atomic E-state index is 0.0506. The Morgan fingerprint density at radius 3 is 3.00 bits per heavy atom. The molecule has 0 bridgehead atoms. The fourth-order valence-corrected chi connectivity index (χ4v) is 4.14. The van der Waals surface area contributed by atoms with Crippen LogP contribution in [0.2, 0.25) is 0 Å². The second-order valence-corrected chi connectivity index (χ2v) is 7.25. The summed E-state index contributed by atoms with van der Waals surface area (Å²) in [6.07, 6.45) is 4.20. The Morgan fingerprint density at radius 1 is 1.52 bits per heavy atom. The first-order chi connectivity index (χ1) is 11.0. The molecule has 0 aliphatic carbocycles. The summed E-state index contributed by atoms with van der Waals surface area (Å²) in [5, 5.41) is 24.9. The van der Waals surface area contributed by atoms with Crippen molar-refractivity contribution >= 4 is 17.0 Å². The summed E-state index contributed by atoms with van der Waals surface area (Å²) in [7, 11) is 0. The highest BCUT2D eigenvalue weighted by Gasteiger charge is 2.28. The van der Waals surface area contributed by atoms with Crippen molar-refractivity contribution in [1.82, 2.24) is 14.7 Å². The van der Waals surface area contributed by atoms with Gasteiger partial charge in [-0.3, -0.25) is 19.7 Å². The fourth-order valence-electron chi connectivity index (χ4n) is 3.09. The van der Waals surface area contributed by atoms with E-state index in [0.717, 1.165) is 19.4 Å². The molecule has 2 aromatic heterocycles. The molecule has 0 unspecified atom stereocenters. The maximum absolute atomic E-state index is 10.7. The van der Waals surface area contributed by atoms with E-state index in [4.69, 9.17) is 0 Å². The van der Waals surface area contributed by atoms with Crippen LogP contribution in [0.1, 0.15) is 28.6 Å². The standard InChI is InChI=1S/C15H20N4O3S/c1-11-4-5-15(23-11)14-3-2-6-17(14)9-13(20)10-18-8-12(7-16-18)19(21)22/h4-5,7-8,13-14,20H,2-3,6,9-10H2,1H3/t13-,14+/m1/s1. The number of likely N-dealkylation sites (tertiary alicyclic amines) is 1. The Balaban J connectivity index is 1.60. The van der Waals surface area contributed by atoms with E-state index in [2.05, 4.69) is 29.1 Å². The molecule has 1 N–H and O–H groups in total. The van der Waals surface area contributed by atoms with Crippen LogP contribution in [0.15, 0.2) is 24.5 Å². The summed E-state index contributed by atoms with van der Waals surface area (Å²) < 4.78 is 1.43. The Kier molecular flexibility index (Phi) is 4.74. The van der Waals surface area contributed by atoms with Gasteiger partial charge in [-0.15, -0.1) is 11.3 Å². The smallest absolute Gasteiger partial charge is 0.306 e. The first-order valence-corrected chi connectivity index (χ1v) is 8.50. The summed E-state index contributed by atoms with van der Waals surface area (Å²) in [4.78, 5) is 15.1. The molecule has 23 heavy (non-hydrogen) atoms. The van der Waals surface area contributed by atoms with Crippen molar-refractivity contribution in [1.29, 1.82) is 0 Å². The van der Waals surface area contributed by atoms with Crippen LogP contribution in [-0.2, 0) is 6.54 Å². The molecule has 0 amide bonds. The highest BCUT2D eigenvalue weighted by Crippen LogP contribution is 2.35. The molecule has 8 heteroatoms. The van der Waals surface area contributed by atoms with Crippen molar-refractivity contribution in [3.8, 4) is 0 Å². The van der Waals surface area contributed by atoms with Crippen molar-refractivity contribution in [2.45, 2.75) is 38.5 Å². The van der Waals surface area contributed by atoms with Gasteiger partial charge in [0, 0.05) is 22.3 Å². The Labute approximate surface area is 138 Å². The normalized spacial score (nSPS) is 20.0. The second kappa shape index (κ2) is 6.77. The van der Waals surface area contributed by atoms with E-state index in [1.54, 1.807) is 0 Å². The van der Waals surface area contributed by atoms with Crippen LogP contribution in [0.25, 0.3) is 0 Å². The monoisotopic (exact) mass is 336 g/mol. The number of hydrogen-bond donors (Lipinski definition) is 1. The molecule has 1 saturated heterocycles. The molecule has 2 aromatic rings. The van der Waals surface area contributed by atoms with Crippen LogP contribution in [0.5, 0.6) is 0 Å². The fraction of sp³-hybridized carbons (Fsp3) is 0.533. The van der Waals surface area contributed by atoms with Crippen molar-refractivity contribution < 1.29 is 10.0 Å². The number of aryl methyl sites for hydroxylation is 1. The minimum Gasteiger partial charge on any atom is -0.390 e. The molecule has 1 aliphatic rings. The number of aromatic nitrogens is 2. The van der Waals surface area contributed by atoms with E-state index in [1.165, 1.54) is 26.8 Å². The molecule has 1 aliphatic heterocycles. The van der Waals surface area contributed by atoms with Gasteiger partial charge in [0.25, 0.3) is 0 Å². The van der Waals surface area contributed by atoms with Gasteiger partial charge in [0.05, 0.1) is 17.6 Å². The third kappa shape index (κ3) is 3.77. The average Bonchev–Trinajstić information content (AvgIpc) is 3.19. The molecular weight excluding hydrogens is 316 g/mol. The van der Waals surface area contributed by atoms with Gasteiger partial charge in [-0.25, -0.2) is 0 Å². The third-order valence-corrected chi connectivity index (χ3v) is 5.23. The summed E-state index contributed by atoms with van der Waals surface area (Å²) in [5.41, 5.74) is -0.0506. The number of β-amino-alcohol motifs (C(OH)–C–C–N with tert-alkyl or cyclic N) is 1. The number of hydrogen-bond acceptors (Lipinski definition) is 6. The summed E-state index contributed by atoms with van der Waals surface area (Å²) in [6, 6.07) is 4.68. The summed E-state index contributed by atoms with van der Waals surface area (Å²) >= 11 is 1.81. The second-order valence-electron chi connectivity index (χ2n) is 5.93. The number of aliphatic hydroxyl groups excluding tert-OH is 1. The van der Waals surface area contributed by atoms with Gasteiger partial charge in [-0.2, -0.15) is 5.10 Å². The van der Waals surface area contributed by atoms with E-state index in [9.17, 15) is 15.2 Å². The molecule has 0 aromatic carbocycles. The molecule has 7 nitrogen and oxygen atoms in total. The first-order valence-electron chi connectivity index (χ1n) is 7.68. The number of thiophene rings is 1. The van der Waals surface area contributed by atoms with Gasteiger partial charge in [-0.05, 0) is 38.4 Å². The first kappa shape index (κ1) is 16.1. The number of aliphatic hydroxyl groups is 1. The van der Waals surface area contributed by atoms with Crippen molar-refractivity contribution in [3.05, 3.63) is 44.4 Å². The van der Waals surface area contributed by atoms with E-state index in [1.807, 2.05) is 11.3 Å². The molecule has 0 radical (unpaired) electrons. The Hall–Kier alpha value is -1.77. The minimum atomic E-state index is -0.601. The molecule has 2 atom stereocenters. The van der Waals surface area contributed by atoms with Crippen LogP contribution in [0.3, 0.4) is 0 Å². The Bertz CT molecular complexity index is 684. The van der Waals surface area contributed by atoms with Gasteiger partial charge in [0.2, 0.25) is 0 Å². The van der Waals surface area contributed by atoms with Gasteiger partial charge in [0.15, 0.2) is 0 Å².